The SMILES string of the molecule is COc1cccc(O)c1CN1Cc2ccccc2OC(c2ccccc2)C1. The van der Waals surface area contributed by atoms with Crippen LogP contribution >= 0.6 is 0 Å². The van der Waals surface area contributed by atoms with E-state index in [2.05, 4.69) is 23.1 Å². The minimum atomic E-state index is -0.0771. The molecule has 0 saturated heterocycles. The van der Waals surface area contributed by atoms with Gasteiger partial charge in [-0.05, 0) is 23.8 Å². The van der Waals surface area contributed by atoms with E-state index >= 15 is 0 Å². The molecule has 0 amide bonds. The van der Waals surface area contributed by atoms with Crippen LogP contribution in [0.4, 0.5) is 0 Å². The summed E-state index contributed by atoms with van der Waals surface area (Å²) in [5.74, 6) is 1.87. The molecule has 4 heteroatoms. The van der Waals surface area contributed by atoms with Crippen molar-refractivity contribution in [3.8, 4) is 17.2 Å². The number of para-hydroxylation sites is 1. The Kier molecular flexibility index (Phi) is 4.99. The molecule has 1 aliphatic heterocycles. The number of fused-ring (bicyclic) bond motifs is 1. The smallest absolute Gasteiger partial charge is 0.136 e. The van der Waals surface area contributed by atoms with Gasteiger partial charge in [0.2, 0.25) is 0 Å². The monoisotopic (exact) mass is 361 g/mol. The number of hydrogen-bond donors (Lipinski definition) is 1. The van der Waals surface area contributed by atoms with Gasteiger partial charge in [0.15, 0.2) is 0 Å². The van der Waals surface area contributed by atoms with Gasteiger partial charge in [-0.15, -0.1) is 0 Å². The van der Waals surface area contributed by atoms with Crippen LogP contribution in [0.2, 0.25) is 0 Å². The largest absolute Gasteiger partial charge is 0.507 e. The van der Waals surface area contributed by atoms with E-state index in [1.807, 2.05) is 42.5 Å². The summed E-state index contributed by atoms with van der Waals surface area (Å²) in [5, 5.41) is 10.4. The lowest BCUT2D eigenvalue weighted by molar-refractivity contribution is 0.142. The van der Waals surface area contributed by atoms with Crippen LogP contribution in [0.3, 0.4) is 0 Å². The summed E-state index contributed by atoms with van der Waals surface area (Å²) >= 11 is 0. The summed E-state index contributed by atoms with van der Waals surface area (Å²) < 4.78 is 11.8. The minimum absolute atomic E-state index is 0.0771. The first-order valence-electron chi connectivity index (χ1n) is 9.11. The fraction of sp³-hybridized carbons (Fsp3) is 0.217. The Bertz CT molecular complexity index is 911. The Morgan fingerprint density at radius 2 is 1.78 bits per heavy atom. The highest BCUT2D eigenvalue weighted by molar-refractivity contribution is 5.44. The second kappa shape index (κ2) is 7.72. The van der Waals surface area contributed by atoms with Gasteiger partial charge in [-0.1, -0.05) is 54.6 Å². The van der Waals surface area contributed by atoms with Crippen molar-refractivity contribution in [2.24, 2.45) is 0 Å². The van der Waals surface area contributed by atoms with E-state index in [9.17, 15) is 5.11 Å². The lowest BCUT2D eigenvalue weighted by Crippen LogP contribution is -2.28. The Morgan fingerprint density at radius 3 is 2.59 bits per heavy atom. The molecule has 0 bridgehead atoms. The Hall–Kier alpha value is -2.98. The molecule has 1 N–H and O–H groups in total. The maximum absolute atomic E-state index is 10.4. The highest BCUT2D eigenvalue weighted by Gasteiger charge is 2.25. The summed E-state index contributed by atoms with van der Waals surface area (Å²) in [7, 11) is 1.63. The van der Waals surface area contributed by atoms with Crippen LogP contribution in [-0.4, -0.2) is 23.7 Å². The van der Waals surface area contributed by atoms with Crippen molar-refractivity contribution in [3.63, 3.8) is 0 Å². The molecule has 0 fully saturated rings. The molecule has 1 aliphatic rings. The molecule has 0 spiro atoms. The van der Waals surface area contributed by atoms with Crippen LogP contribution in [-0.2, 0) is 13.1 Å². The zero-order chi connectivity index (χ0) is 18.6. The molecular formula is C23H23NO3. The standard InChI is InChI=1S/C23H23NO3/c1-26-22-13-7-11-20(25)19(22)15-24-14-18-10-5-6-12-21(18)27-23(16-24)17-8-3-2-4-9-17/h2-13,23,25H,14-16H2,1H3. The van der Waals surface area contributed by atoms with Gasteiger partial charge >= 0.3 is 0 Å². The topological polar surface area (TPSA) is 41.9 Å². The molecule has 1 heterocycles. The lowest BCUT2D eigenvalue weighted by atomic mass is 10.1. The van der Waals surface area contributed by atoms with E-state index in [0.29, 0.717) is 12.3 Å². The first-order valence-corrected chi connectivity index (χ1v) is 9.11. The van der Waals surface area contributed by atoms with Gasteiger partial charge in [0, 0.05) is 30.8 Å². The first-order chi connectivity index (χ1) is 13.2. The number of phenolic OH excluding ortho intramolecular Hbond substituents is 1. The normalized spacial score (nSPS) is 16.9. The van der Waals surface area contributed by atoms with Crippen LogP contribution in [0.5, 0.6) is 17.2 Å². The van der Waals surface area contributed by atoms with E-state index in [0.717, 1.165) is 35.5 Å². The fourth-order valence-corrected chi connectivity index (χ4v) is 3.57. The molecule has 0 radical (unpaired) electrons. The van der Waals surface area contributed by atoms with Crippen molar-refractivity contribution in [1.82, 2.24) is 4.90 Å². The molecular weight excluding hydrogens is 338 g/mol. The third kappa shape index (κ3) is 3.76. The Labute approximate surface area is 159 Å². The molecule has 4 rings (SSSR count). The first kappa shape index (κ1) is 17.4. The van der Waals surface area contributed by atoms with Gasteiger partial charge in [-0.2, -0.15) is 0 Å². The zero-order valence-electron chi connectivity index (χ0n) is 15.3. The molecule has 0 saturated carbocycles. The third-order valence-electron chi connectivity index (χ3n) is 4.94. The summed E-state index contributed by atoms with van der Waals surface area (Å²) in [6.07, 6.45) is -0.0771. The maximum Gasteiger partial charge on any atom is 0.136 e. The number of methoxy groups -OCH3 is 1. The molecule has 0 aliphatic carbocycles. The summed E-state index contributed by atoms with van der Waals surface area (Å²) in [4.78, 5) is 2.29. The second-order valence-electron chi connectivity index (χ2n) is 6.75. The highest BCUT2D eigenvalue weighted by Crippen LogP contribution is 2.34. The van der Waals surface area contributed by atoms with Crippen molar-refractivity contribution in [2.45, 2.75) is 19.2 Å². The Balaban J connectivity index is 1.68. The average Bonchev–Trinajstić information content (AvgIpc) is 2.89. The summed E-state index contributed by atoms with van der Waals surface area (Å²) in [6, 6.07) is 23.8. The predicted octanol–water partition coefficient (Wildman–Crippen LogP) is 4.54. The van der Waals surface area contributed by atoms with Gasteiger partial charge in [-0.3, -0.25) is 4.90 Å². The number of nitrogens with zero attached hydrogens (tertiary/aromatic N) is 1. The van der Waals surface area contributed by atoms with Gasteiger partial charge in [0.25, 0.3) is 0 Å². The van der Waals surface area contributed by atoms with Crippen LogP contribution < -0.4 is 9.47 Å². The number of ether oxygens (including phenoxy) is 2. The van der Waals surface area contributed by atoms with Crippen molar-refractivity contribution in [2.75, 3.05) is 13.7 Å². The highest BCUT2D eigenvalue weighted by atomic mass is 16.5. The van der Waals surface area contributed by atoms with Gasteiger partial charge in [-0.25, -0.2) is 0 Å². The van der Waals surface area contributed by atoms with E-state index in [-0.39, 0.29) is 11.9 Å². The van der Waals surface area contributed by atoms with Crippen LogP contribution in [0.15, 0.2) is 72.8 Å². The molecule has 138 valence electrons. The predicted molar refractivity (Wildman–Crippen MR) is 105 cm³/mol. The maximum atomic E-state index is 10.4. The molecule has 0 aromatic heterocycles. The van der Waals surface area contributed by atoms with Crippen LogP contribution in [0.1, 0.15) is 22.8 Å². The third-order valence-corrected chi connectivity index (χ3v) is 4.94. The van der Waals surface area contributed by atoms with Crippen LogP contribution in [0, 0.1) is 0 Å². The second-order valence-corrected chi connectivity index (χ2v) is 6.75. The number of phenols is 1. The molecule has 4 nitrogen and oxygen atoms in total. The summed E-state index contributed by atoms with van der Waals surface area (Å²) in [5.41, 5.74) is 3.08. The van der Waals surface area contributed by atoms with E-state index in [4.69, 9.17) is 9.47 Å². The molecule has 27 heavy (non-hydrogen) atoms. The number of benzene rings is 3. The quantitative estimate of drug-likeness (QED) is 0.741. The van der Waals surface area contributed by atoms with Crippen LogP contribution in [0.25, 0.3) is 0 Å². The fourth-order valence-electron chi connectivity index (χ4n) is 3.57. The molecule has 1 atom stereocenters. The minimum Gasteiger partial charge on any atom is -0.507 e. The molecule has 3 aromatic rings. The van der Waals surface area contributed by atoms with E-state index in [1.165, 1.54) is 0 Å². The number of aromatic hydroxyl groups is 1. The Morgan fingerprint density at radius 1 is 1.00 bits per heavy atom. The van der Waals surface area contributed by atoms with Gasteiger partial charge < -0.3 is 14.6 Å². The van der Waals surface area contributed by atoms with Crippen molar-refractivity contribution >= 4 is 0 Å². The lowest BCUT2D eigenvalue weighted by Gasteiger charge is -2.25. The number of rotatable bonds is 4. The number of hydrogen-bond acceptors (Lipinski definition) is 4. The summed E-state index contributed by atoms with van der Waals surface area (Å²) in [6.45, 7) is 2.05. The average molecular weight is 361 g/mol. The van der Waals surface area contributed by atoms with Crippen molar-refractivity contribution in [3.05, 3.63) is 89.5 Å². The van der Waals surface area contributed by atoms with E-state index in [1.54, 1.807) is 19.2 Å². The molecule has 3 aromatic carbocycles. The zero-order valence-corrected chi connectivity index (χ0v) is 15.3. The van der Waals surface area contributed by atoms with Gasteiger partial charge in [0.1, 0.15) is 23.4 Å². The van der Waals surface area contributed by atoms with E-state index < -0.39 is 0 Å². The van der Waals surface area contributed by atoms with Gasteiger partial charge in [0.05, 0.1) is 7.11 Å². The molecule has 1 unspecified atom stereocenters. The van der Waals surface area contributed by atoms with Crippen molar-refractivity contribution < 1.29 is 14.6 Å². The van der Waals surface area contributed by atoms with Crippen molar-refractivity contribution in [1.29, 1.82) is 0 Å².